The Labute approximate surface area is 179 Å². The Hall–Kier alpha value is -3.55. The predicted molar refractivity (Wildman–Crippen MR) is 113 cm³/mol. The number of imidazole rings is 1. The highest BCUT2D eigenvalue weighted by molar-refractivity contribution is 5.79. The van der Waals surface area contributed by atoms with Crippen molar-refractivity contribution in [1.82, 2.24) is 14.3 Å². The zero-order valence-corrected chi connectivity index (χ0v) is 17.1. The van der Waals surface area contributed by atoms with Crippen molar-refractivity contribution in [2.24, 2.45) is 11.7 Å². The monoisotopic (exact) mass is 420 g/mol. The van der Waals surface area contributed by atoms with Crippen molar-refractivity contribution in [3.8, 4) is 11.5 Å². The lowest BCUT2D eigenvalue weighted by Crippen LogP contribution is -2.42. The summed E-state index contributed by atoms with van der Waals surface area (Å²) in [6.45, 7) is 1.30. The zero-order chi connectivity index (χ0) is 21.4. The van der Waals surface area contributed by atoms with E-state index in [0.29, 0.717) is 43.9 Å². The fourth-order valence-corrected chi connectivity index (χ4v) is 4.45. The molecule has 1 saturated heterocycles. The van der Waals surface area contributed by atoms with Gasteiger partial charge in [-0.1, -0.05) is 12.1 Å². The summed E-state index contributed by atoms with van der Waals surface area (Å²) in [5, 5.41) is 0. The topological polar surface area (TPSA) is 99.2 Å². The van der Waals surface area contributed by atoms with Crippen LogP contribution in [0.25, 0.3) is 5.65 Å². The highest BCUT2D eigenvalue weighted by Gasteiger charge is 2.30. The highest BCUT2D eigenvalue weighted by Crippen LogP contribution is 2.38. The Kier molecular flexibility index (Phi) is 4.97. The van der Waals surface area contributed by atoms with E-state index in [1.54, 1.807) is 0 Å². The van der Waals surface area contributed by atoms with Crippen molar-refractivity contribution < 1.29 is 19.1 Å². The van der Waals surface area contributed by atoms with E-state index >= 15 is 0 Å². The first-order valence-electron chi connectivity index (χ1n) is 10.5. The molecular formula is C23H24N4O4. The number of piperidine rings is 1. The summed E-state index contributed by atoms with van der Waals surface area (Å²) in [6, 6.07) is 11.6. The lowest BCUT2D eigenvalue weighted by molar-refractivity contribution is -0.135. The molecule has 0 radical (unpaired) electrons. The Bertz CT molecular complexity index is 1130. The summed E-state index contributed by atoms with van der Waals surface area (Å²) in [5.74, 6) is 0.819. The number of nitrogens with two attached hydrogens (primary N) is 1. The van der Waals surface area contributed by atoms with E-state index < -0.39 is 0 Å². The van der Waals surface area contributed by atoms with Gasteiger partial charge in [-0.3, -0.25) is 9.59 Å². The first-order valence-corrected chi connectivity index (χ1v) is 10.5. The molecule has 5 rings (SSSR count). The molecule has 2 aliphatic heterocycles. The summed E-state index contributed by atoms with van der Waals surface area (Å²) in [6.07, 6.45) is 5.32. The molecule has 0 bridgehead atoms. The van der Waals surface area contributed by atoms with E-state index in [-0.39, 0.29) is 30.4 Å². The van der Waals surface area contributed by atoms with Crippen molar-refractivity contribution in [3.63, 3.8) is 0 Å². The number of aromatic nitrogens is 2. The van der Waals surface area contributed by atoms with Crippen molar-refractivity contribution in [2.75, 3.05) is 19.9 Å². The van der Waals surface area contributed by atoms with E-state index in [1.165, 1.54) is 0 Å². The van der Waals surface area contributed by atoms with Gasteiger partial charge in [-0.2, -0.15) is 0 Å². The van der Waals surface area contributed by atoms with Crippen LogP contribution in [0.5, 0.6) is 11.5 Å². The number of carbonyl (C=O) groups excluding carboxylic acids is 2. The van der Waals surface area contributed by atoms with E-state index in [9.17, 15) is 9.59 Å². The van der Waals surface area contributed by atoms with E-state index in [1.807, 2.05) is 58.1 Å². The lowest BCUT2D eigenvalue weighted by Gasteiger charge is -2.31. The van der Waals surface area contributed by atoms with Gasteiger partial charge in [0.15, 0.2) is 11.5 Å². The van der Waals surface area contributed by atoms with Crippen LogP contribution in [-0.4, -0.2) is 46.0 Å². The third-order valence-corrected chi connectivity index (χ3v) is 6.23. The maximum atomic E-state index is 13.2. The molecule has 4 heterocycles. The molecule has 3 aromatic rings. The van der Waals surface area contributed by atoms with Crippen LogP contribution in [0, 0.1) is 5.92 Å². The molecule has 1 aromatic carbocycles. The van der Waals surface area contributed by atoms with Crippen molar-refractivity contribution in [3.05, 3.63) is 60.0 Å². The van der Waals surface area contributed by atoms with Crippen LogP contribution in [0.4, 0.5) is 0 Å². The summed E-state index contributed by atoms with van der Waals surface area (Å²) in [7, 11) is 0. The van der Waals surface area contributed by atoms with Gasteiger partial charge in [0.05, 0.1) is 5.69 Å². The highest BCUT2D eigenvalue weighted by atomic mass is 16.7. The molecule has 31 heavy (non-hydrogen) atoms. The second kappa shape index (κ2) is 7.94. The van der Waals surface area contributed by atoms with Crippen LogP contribution in [0.1, 0.15) is 36.4 Å². The summed E-state index contributed by atoms with van der Waals surface area (Å²) in [5.41, 5.74) is 8.17. The Morgan fingerprint density at radius 1 is 1.13 bits per heavy atom. The van der Waals surface area contributed by atoms with E-state index in [2.05, 4.69) is 4.98 Å². The Morgan fingerprint density at radius 2 is 1.94 bits per heavy atom. The summed E-state index contributed by atoms with van der Waals surface area (Å²) in [4.78, 5) is 31.1. The van der Waals surface area contributed by atoms with Gasteiger partial charge in [0.25, 0.3) is 0 Å². The molecule has 0 aliphatic carbocycles. The molecule has 2 aliphatic rings. The van der Waals surface area contributed by atoms with Gasteiger partial charge in [-0.15, -0.1) is 0 Å². The van der Waals surface area contributed by atoms with Gasteiger partial charge in [0, 0.05) is 43.7 Å². The van der Waals surface area contributed by atoms with Gasteiger partial charge < -0.3 is 24.5 Å². The van der Waals surface area contributed by atoms with Gasteiger partial charge in [-0.05, 0) is 42.7 Å². The van der Waals surface area contributed by atoms with Crippen LogP contribution in [0.15, 0.2) is 48.8 Å². The SMILES string of the molecule is NC(=O)C1CCN(C(=O)C[C@H](c2ccc3c(c2)OCO3)c2cnc3ccccn23)CC1. The average Bonchev–Trinajstić information content (AvgIpc) is 3.44. The molecule has 1 fully saturated rings. The fourth-order valence-electron chi connectivity index (χ4n) is 4.45. The standard InChI is InChI=1S/C23H24N4O4/c24-23(29)15-6-9-26(10-7-15)22(28)12-17(16-4-5-19-20(11-16)31-14-30-19)18-13-25-21-3-1-2-8-27(18)21/h1-5,8,11,13,15,17H,6-7,9-10,12,14H2,(H2,24,29)/t17-/m1/s1. The third kappa shape index (κ3) is 3.69. The number of benzene rings is 1. The molecule has 2 aromatic heterocycles. The number of carbonyl (C=O) groups is 2. The Morgan fingerprint density at radius 3 is 2.74 bits per heavy atom. The minimum Gasteiger partial charge on any atom is -0.454 e. The maximum Gasteiger partial charge on any atom is 0.231 e. The second-order valence-electron chi connectivity index (χ2n) is 8.04. The number of primary amides is 1. The molecule has 8 heteroatoms. The van der Waals surface area contributed by atoms with E-state index in [0.717, 1.165) is 16.9 Å². The van der Waals surface area contributed by atoms with Crippen LogP contribution in [0.2, 0.25) is 0 Å². The van der Waals surface area contributed by atoms with E-state index in [4.69, 9.17) is 15.2 Å². The smallest absolute Gasteiger partial charge is 0.231 e. The summed E-state index contributed by atoms with van der Waals surface area (Å²) < 4.78 is 13.0. The van der Waals surface area contributed by atoms with Gasteiger partial charge in [0.1, 0.15) is 5.65 Å². The lowest BCUT2D eigenvalue weighted by atomic mass is 9.90. The molecule has 0 saturated carbocycles. The molecule has 2 amide bonds. The number of rotatable bonds is 5. The molecule has 160 valence electrons. The normalized spacial score (nSPS) is 17.1. The van der Waals surface area contributed by atoms with Crippen LogP contribution >= 0.6 is 0 Å². The number of hydrogen-bond acceptors (Lipinski definition) is 5. The second-order valence-corrected chi connectivity index (χ2v) is 8.04. The first kappa shape index (κ1) is 19.4. The zero-order valence-electron chi connectivity index (χ0n) is 17.1. The number of amides is 2. The average molecular weight is 420 g/mol. The quantitative estimate of drug-likeness (QED) is 0.683. The van der Waals surface area contributed by atoms with Crippen molar-refractivity contribution >= 4 is 17.5 Å². The first-order chi connectivity index (χ1) is 15.1. The number of likely N-dealkylation sites (tertiary alicyclic amines) is 1. The number of pyridine rings is 1. The predicted octanol–water partition coefficient (Wildman–Crippen LogP) is 2.31. The van der Waals surface area contributed by atoms with Crippen molar-refractivity contribution in [1.29, 1.82) is 0 Å². The molecule has 0 spiro atoms. The number of ether oxygens (including phenoxy) is 2. The minimum atomic E-state index is -0.281. The molecule has 8 nitrogen and oxygen atoms in total. The Balaban J connectivity index is 1.45. The minimum absolute atomic E-state index is 0.0523. The number of fused-ring (bicyclic) bond motifs is 2. The maximum absolute atomic E-state index is 13.2. The van der Waals surface area contributed by atoms with Crippen molar-refractivity contribution in [2.45, 2.75) is 25.2 Å². The molecule has 1 atom stereocenters. The van der Waals surface area contributed by atoms with Crippen LogP contribution in [0.3, 0.4) is 0 Å². The van der Waals surface area contributed by atoms with Gasteiger partial charge >= 0.3 is 0 Å². The number of hydrogen-bond donors (Lipinski definition) is 1. The largest absolute Gasteiger partial charge is 0.454 e. The van der Waals surface area contributed by atoms with Crippen LogP contribution in [-0.2, 0) is 9.59 Å². The van der Waals surface area contributed by atoms with Gasteiger partial charge in [0.2, 0.25) is 18.6 Å². The fraction of sp³-hybridized carbons (Fsp3) is 0.348. The third-order valence-electron chi connectivity index (χ3n) is 6.23. The molecular weight excluding hydrogens is 396 g/mol. The molecule has 2 N–H and O–H groups in total. The number of nitrogens with zero attached hydrogens (tertiary/aromatic N) is 3. The van der Waals surface area contributed by atoms with Crippen LogP contribution < -0.4 is 15.2 Å². The van der Waals surface area contributed by atoms with Gasteiger partial charge in [-0.25, -0.2) is 4.98 Å². The summed E-state index contributed by atoms with van der Waals surface area (Å²) >= 11 is 0. The molecule has 0 unspecified atom stereocenters.